The Morgan fingerprint density at radius 2 is 2.19 bits per heavy atom. The molecule has 1 N–H and O–H groups in total. The predicted molar refractivity (Wildman–Crippen MR) is 93.2 cm³/mol. The first kappa shape index (κ1) is 16.7. The van der Waals surface area contributed by atoms with Gasteiger partial charge in [-0.1, -0.05) is 12.1 Å². The quantitative estimate of drug-likeness (QED) is 0.900. The molecule has 132 valence electrons. The molecule has 26 heavy (non-hydrogen) atoms. The Hall–Kier alpha value is -2.78. The van der Waals surface area contributed by atoms with E-state index < -0.39 is 5.82 Å². The molecule has 1 aromatic heterocycles. The zero-order valence-electron chi connectivity index (χ0n) is 14.2. The number of nitrogens with zero attached hydrogens (tertiary/aromatic N) is 3. The number of nitrogens with one attached hydrogen (secondary N) is 1. The minimum Gasteiger partial charge on any atom is -0.331 e. The van der Waals surface area contributed by atoms with Gasteiger partial charge in [0.1, 0.15) is 11.9 Å². The summed E-state index contributed by atoms with van der Waals surface area (Å²) in [5.74, 6) is -0.359. The Labute approximate surface area is 151 Å². The molecule has 2 aliphatic rings. The fraction of sp³-hybridized carbons (Fsp3) is 0.350. The monoisotopic (exact) mass is 350 g/mol. The zero-order chi connectivity index (χ0) is 18.1. The number of hydrogen-bond acceptors (Lipinski definition) is 4. The van der Waals surface area contributed by atoms with Crippen molar-refractivity contribution in [3.8, 4) is 6.07 Å². The molecule has 1 aromatic carbocycles. The summed E-state index contributed by atoms with van der Waals surface area (Å²) in [4.78, 5) is 18.8. The van der Waals surface area contributed by atoms with Crippen LogP contribution in [0.15, 0.2) is 42.7 Å². The number of aromatic nitrogens is 1. The molecule has 1 amide bonds. The Kier molecular flexibility index (Phi) is 4.39. The van der Waals surface area contributed by atoms with Crippen LogP contribution in [0.25, 0.3) is 0 Å². The third-order valence-corrected chi connectivity index (χ3v) is 5.05. The van der Waals surface area contributed by atoms with Crippen molar-refractivity contribution >= 4 is 5.91 Å². The zero-order valence-corrected chi connectivity index (χ0v) is 14.2. The molecule has 1 aliphatic carbocycles. The smallest absolute Gasteiger partial charge is 0.225 e. The van der Waals surface area contributed by atoms with Gasteiger partial charge in [0.25, 0.3) is 0 Å². The highest BCUT2D eigenvalue weighted by Crippen LogP contribution is 2.41. The van der Waals surface area contributed by atoms with Crippen molar-refractivity contribution in [1.29, 1.82) is 5.26 Å². The average molecular weight is 350 g/mol. The van der Waals surface area contributed by atoms with Crippen molar-refractivity contribution in [3.63, 3.8) is 0 Å². The van der Waals surface area contributed by atoms with E-state index in [4.69, 9.17) is 5.26 Å². The number of pyridine rings is 1. The molecule has 5 nitrogen and oxygen atoms in total. The van der Waals surface area contributed by atoms with Crippen LogP contribution in [0.1, 0.15) is 42.0 Å². The minimum absolute atomic E-state index is 0.0398. The fourth-order valence-corrected chi connectivity index (χ4v) is 3.67. The SMILES string of the molecule is N#Cc1ccc(CN[C@@H]2CC(=O)N(C3CC3)[C@H]2c2cccnc2)cc1F. The van der Waals surface area contributed by atoms with Crippen LogP contribution < -0.4 is 5.32 Å². The number of likely N-dealkylation sites (tertiary alicyclic amines) is 1. The Balaban J connectivity index is 1.54. The third kappa shape index (κ3) is 3.18. The van der Waals surface area contributed by atoms with Gasteiger partial charge in [0.2, 0.25) is 5.91 Å². The molecule has 2 atom stereocenters. The van der Waals surface area contributed by atoms with Crippen LogP contribution >= 0.6 is 0 Å². The standard InChI is InChI=1S/C20H19FN4O/c21-17-8-13(3-4-14(17)10-22)11-24-18-9-19(26)25(16-5-6-16)20(18)15-2-1-7-23-12-15/h1-4,7-8,12,16,18,20,24H,5-6,9,11H2/t18-,20+/m1/s1. The summed E-state index contributed by atoms with van der Waals surface area (Å²) >= 11 is 0. The first-order valence-electron chi connectivity index (χ1n) is 8.80. The van der Waals surface area contributed by atoms with E-state index in [-0.39, 0.29) is 23.6 Å². The van der Waals surface area contributed by atoms with Crippen LogP contribution in [-0.4, -0.2) is 27.9 Å². The molecular formula is C20H19FN4O. The molecule has 0 radical (unpaired) electrons. The van der Waals surface area contributed by atoms with E-state index >= 15 is 0 Å². The molecule has 0 unspecified atom stereocenters. The van der Waals surface area contributed by atoms with Crippen LogP contribution in [0, 0.1) is 17.1 Å². The van der Waals surface area contributed by atoms with Crippen LogP contribution in [-0.2, 0) is 11.3 Å². The lowest BCUT2D eigenvalue weighted by atomic mass is 10.0. The maximum Gasteiger partial charge on any atom is 0.225 e. The molecule has 6 heteroatoms. The predicted octanol–water partition coefficient (Wildman–Crippen LogP) is 2.69. The van der Waals surface area contributed by atoms with Gasteiger partial charge in [-0.3, -0.25) is 9.78 Å². The Morgan fingerprint density at radius 3 is 2.85 bits per heavy atom. The number of benzene rings is 1. The van der Waals surface area contributed by atoms with E-state index in [1.807, 2.05) is 29.3 Å². The molecular weight excluding hydrogens is 331 g/mol. The molecule has 0 spiro atoms. The number of hydrogen-bond donors (Lipinski definition) is 1. The first-order valence-corrected chi connectivity index (χ1v) is 8.80. The number of halogens is 1. The van der Waals surface area contributed by atoms with Gasteiger partial charge in [-0.25, -0.2) is 4.39 Å². The molecule has 1 saturated carbocycles. The maximum atomic E-state index is 13.8. The second-order valence-electron chi connectivity index (χ2n) is 6.88. The fourth-order valence-electron chi connectivity index (χ4n) is 3.67. The van der Waals surface area contributed by atoms with Crippen molar-refractivity contribution in [1.82, 2.24) is 15.2 Å². The summed E-state index contributed by atoms with van der Waals surface area (Å²) in [6.45, 7) is 0.440. The van der Waals surface area contributed by atoms with E-state index in [0.29, 0.717) is 19.0 Å². The van der Waals surface area contributed by atoms with Crippen LogP contribution in [0.4, 0.5) is 4.39 Å². The second-order valence-corrected chi connectivity index (χ2v) is 6.88. The molecule has 2 aromatic rings. The largest absolute Gasteiger partial charge is 0.331 e. The third-order valence-electron chi connectivity index (χ3n) is 5.05. The number of rotatable bonds is 5. The van der Waals surface area contributed by atoms with E-state index in [0.717, 1.165) is 24.0 Å². The van der Waals surface area contributed by atoms with Gasteiger partial charge in [0, 0.05) is 37.4 Å². The molecule has 0 bridgehead atoms. The number of carbonyl (C=O) groups is 1. The van der Waals surface area contributed by atoms with Gasteiger partial charge in [-0.2, -0.15) is 5.26 Å². The molecule has 1 aliphatic heterocycles. The van der Waals surface area contributed by atoms with Gasteiger partial charge in [-0.15, -0.1) is 0 Å². The minimum atomic E-state index is -0.516. The first-order chi connectivity index (χ1) is 12.7. The van der Waals surface area contributed by atoms with Gasteiger partial charge < -0.3 is 10.2 Å². The van der Waals surface area contributed by atoms with Gasteiger partial charge in [0.15, 0.2) is 0 Å². The Morgan fingerprint density at radius 1 is 1.35 bits per heavy atom. The molecule has 4 rings (SSSR count). The van der Waals surface area contributed by atoms with Crippen LogP contribution in [0.2, 0.25) is 0 Å². The lowest BCUT2D eigenvalue weighted by Crippen LogP contribution is -2.37. The number of amides is 1. The molecule has 2 fully saturated rings. The average Bonchev–Trinajstić information content (AvgIpc) is 3.43. The summed E-state index contributed by atoms with van der Waals surface area (Å²) in [7, 11) is 0. The van der Waals surface area contributed by atoms with Gasteiger partial charge >= 0.3 is 0 Å². The summed E-state index contributed by atoms with van der Waals surface area (Å²) < 4.78 is 13.8. The van der Waals surface area contributed by atoms with Crippen molar-refractivity contribution in [2.75, 3.05) is 0 Å². The second kappa shape index (κ2) is 6.85. The molecule has 1 saturated heterocycles. The van der Waals surface area contributed by atoms with Crippen LogP contribution in [0.5, 0.6) is 0 Å². The Bertz CT molecular complexity index is 860. The molecule has 2 heterocycles. The number of nitriles is 1. The maximum absolute atomic E-state index is 13.8. The highest BCUT2D eigenvalue weighted by Gasteiger charge is 2.47. The lowest BCUT2D eigenvalue weighted by molar-refractivity contribution is -0.129. The van der Waals surface area contributed by atoms with E-state index in [2.05, 4.69) is 10.3 Å². The van der Waals surface area contributed by atoms with E-state index in [1.165, 1.54) is 12.1 Å². The summed E-state index contributed by atoms with van der Waals surface area (Å²) in [5.41, 5.74) is 1.82. The summed E-state index contributed by atoms with van der Waals surface area (Å²) in [6.07, 6.45) is 6.07. The van der Waals surface area contributed by atoms with Gasteiger partial charge in [0.05, 0.1) is 11.6 Å². The van der Waals surface area contributed by atoms with Crippen molar-refractivity contribution in [3.05, 3.63) is 65.2 Å². The van der Waals surface area contributed by atoms with Gasteiger partial charge in [-0.05, 0) is 42.2 Å². The van der Waals surface area contributed by atoms with Crippen LogP contribution in [0.3, 0.4) is 0 Å². The number of carbonyl (C=O) groups excluding carboxylic acids is 1. The van der Waals surface area contributed by atoms with Crippen molar-refractivity contribution < 1.29 is 9.18 Å². The highest BCUT2D eigenvalue weighted by atomic mass is 19.1. The topological polar surface area (TPSA) is 69.0 Å². The summed E-state index contributed by atoms with van der Waals surface area (Å²) in [6, 6.07) is 10.5. The van der Waals surface area contributed by atoms with E-state index in [9.17, 15) is 9.18 Å². The summed E-state index contributed by atoms with van der Waals surface area (Å²) in [5, 5.41) is 12.2. The van der Waals surface area contributed by atoms with Crippen molar-refractivity contribution in [2.24, 2.45) is 0 Å². The van der Waals surface area contributed by atoms with E-state index in [1.54, 1.807) is 12.3 Å². The van der Waals surface area contributed by atoms with Crippen molar-refractivity contribution in [2.45, 2.75) is 43.9 Å². The normalized spacial score (nSPS) is 22.5. The highest BCUT2D eigenvalue weighted by molar-refractivity contribution is 5.81. The lowest BCUT2D eigenvalue weighted by Gasteiger charge is -2.29.